The molecule has 0 saturated heterocycles. The van der Waals surface area contributed by atoms with Crippen LogP contribution in [0.15, 0.2) is 35.2 Å². The number of carboxylic acids is 1. The van der Waals surface area contributed by atoms with Gasteiger partial charge < -0.3 is 5.11 Å². The van der Waals surface area contributed by atoms with E-state index in [0.717, 1.165) is 24.3 Å². The van der Waals surface area contributed by atoms with Crippen LogP contribution in [0.1, 0.15) is 21.5 Å². The highest BCUT2D eigenvalue weighted by atomic mass is 32.2. The van der Waals surface area contributed by atoms with Crippen molar-refractivity contribution in [2.45, 2.75) is 18.7 Å². The monoisotopic (exact) mass is 341 g/mol. The standard InChI is InChI=1S/C15H13F2NO4S/c1-8-6-9(2)13(7-10(8)15(19)20)23(21,22)18-14-11(16)4-3-5-12(14)17/h3-7,18H,1-2H3,(H,19,20). The smallest absolute Gasteiger partial charge is 0.335 e. The lowest BCUT2D eigenvalue weighted by Gasteiger charge is -2.13. The fraction of sp³-hybridized carbons (Fsp3) is 0.133. The molecule has 0 amide bonds. The lowest BCUT2D eigenvalue weighted by atomic mass is 10.1. The largest absolute Gasteiger partial charge is 0.478 e. The van der Waals surface area contributed by atoms with Crippen molar-refractivity contribution >= 4 is 21.7 Å². The molecule has 0 heterocycles. The SMILES string of the molecule is Cc1cc(C)c(S(=O)(=O)Nc2c(F)cccc2F)cc1C(=O)O. The Bertz CT molecular complexity index is 874. The predicted molar refractivity (Wildman–Crippen MR) is 80.0 cm³/mol. The first kappa shape index (κ1) is 16.9. The number of carbonyl (C=O) groups is 1. The first-order chi connectivity index (χ1) is 10.6. The van der Waals surface area contributed by atoms with Gasteiger partial charge in [-0.25, -0.2) is 22.0 Å². The summed E-state index contributed by atoms with van der Waals surface area (Å²) in [6, 6.07) is 5.27. The Morgan fingerprint density at radius 3 is 2.17 bits per heavy atom. The molecule has 0 atom stereocenters. The number of aromatic carboxylic acids is 1. The van der Waals surface area contributed by atoms with E-state index in [4.69, 9.17) is 5.11 Å². The fourth-order valence-electron chi connectivity index (χ4n) is 2.14. The van der Waals surface area contributed by atoms with Gasteiger partial charge in [0.1, 0.15) is 17.3 Å². The highest BCUT2D eigenvalue weighted by molar-refractivity contribution is 7.92. The zero-order chi connectivity index (χ0) is 17.4. The van der Waals surface area contributed by atoms with Crippen LogP contribution >= 0.6 is 0 Å². The van der Waals surface area contributed by atoms with Crippen LogP contribution < -0.4 is 4.72 Å². The van der Waals surface area contributed by atoms with Crippen molar-refractivity contribution in [2.24, 2.45) is 0 Å². The number of rotatable bonds is 4. The van der Waals surface area contributed by atoms with E-state index in [9.17, 15) is 22.0 Å². The minimum absolute atomic E-state index is 0.204. The molecule has 2 N–H and O–H groups in total. The van der Waals surface area contributed by atoms with E-state index in [0.29, 0.717) is 5.56 Å². The molecule has 122 valence electrons. The van der Waals surface area contributed by atoms with Gasteiger partial charge in [-0.1, -0.05) is 12.1 Å². The second-order valence-corrected chi connectivity index (χ2v) is 6.59. The van der Waals surface area contributed by atoms with Crippen molar-refractivity contribution in [2.75, 3.05) is 4.72 Å². The van der Waals surface area contributed by atoms with Gasteiger partial charge in [0.2, 0.25) is 0 Å². The predicted octanol–water partition coefficient (Wildman–Crippen LogP) is 3.08. The zero-order valence-corrected chi connectivity index (χ0v) is 13.0. The second kappa shape index (κ2) is 5.96. The van der Waals surface area contributed by atoms with E-state index in [2.05, 4.69) is 0 Å². The summed E-state index contributed by atoms with van der Waals surface area (Å²) in [7, 11) is -4.36. The minimum atomic E-state index is -4.36. The van der Waals surface area contributed by atoms with Crippen molar-refractivity contribution < 1.29 is 27.1 Å². The average Bonchev–Trinajstić information content (AvgIpc) is 2.42. The van der Waals surface area contributed by atoms with Crippen LogP contribution in [0.25, 0.3) is 0 Å². The molecule has 0 aliphatic heterocycles. The van der Waals surface area contributed by atoms with Gasteiger partial charge in [0.25, 0.3) is 10.0 Å². The van der Waals surface area contributed by atoms with Crippen LogP contribution in [0.2, 0.25) is 0 Å². The Hall–Kier alpha value is -2.48. The molecule has 2 aromatic carbocycles. The van der Waals surface area contributed by atoms with E-state index < -0.39 is 33.3 Å². The molecule has 8 heteroatoms. The molecular weight excluding hydrogens is 328 g/mol. The van der Waals surface area contributed by atoms with E-state index in [1.807, 2.05) is 4.72 Å². The molecule has 0 bridgehead atoms. The Morgan fingerprint density at radius 1 is 1.09 bits per heavy atom. The maximum absolute atomic E-state index is 13.6. The fourth-order valence-corrected chi connectivity index (χ4v) is 3.47. The summed E-state index contributed by atoms with van der Waals surface area (Å²) in [6.45, 7) is 2.99. The first-order valence-corrected chi connectivity index (χ1v) is 7.93. The second-order valence-electron chi connectivity index (χ2n) is 4.94. The number of hydrogen-bond donors (Lipinski definition) is 2. The summed E-state index contributed by atoms with van der Waals surface area (Å²) in [5.74, 6) is -3.44. The lowest BCUT2D eigenvalue weighted by Crippen LogP contribution is -2.17. The van der Waals surface area contributed by atoms with E-state index in [-0.39, 0.29) is 16.0 Å². The van der Waals surface area contributed by atoms with Crippen molar-refractivity contribution in [1.82, 2.24) is 0 Å². The normalized spacial score (nSPS) is 11.3. The molecule has 0 saturated carbocycles. The summed E-state index contributed by atoms with van der Waals surface area (Å²) in [5, 5.41) is 9.09. The number of halogens is 2. The van der Waals surface area contributed by atoms with Crippen LogP contribution in [-0.4, -0.2) is 19.5 Å². The van der Waals surface area contributed by atoms with Gasteiger partial charge in [0.15, 0.2) is 0 Å². The van der Waals surface area contributed by atoms with E-state index in [1.54, 1.807) is 0 Å². The molecule has 0 radical (unpaired) electrons. The third-order valence-electron chi connectivity index (χ3n) is 3.24. The Morgan fingerprint density at radius 2 is 1.65 bits per heavy atom. The summed E-state index contributed by atoms with van der Waals surface area (Å²) in [6.07, 6.45) is 0. The Balaban J connectivity index is 2.57. The number of benzene rings is 2. The number of para-hydroxylation sites is 1. The van der Waals surface area contributed by atoms with Crippen molar-refractivity contribution in [3.8, 4) is 0 Å². The number of carboxylic acid groups (broad SMARTS) is 1. The quantitative estimate of drug-likeness (QED) is 0.895. The van der Waals surface area contributed by atoms with Gasteiger partial charge in [-0.15, -0.1) is 0 Å². The average molecular weight is 341 g/mol. The summed E-state index contributed by atoms with van der Waals surface area (Å²) in [5.41, 5.74) is -0.378. The number of sulfonamides is 1. The molecule has 0 aromatic heterocycles. The van der Waals surface area contributed by atoms with Crippen LogP contribution in [0.3, 0.4) is 0 Å². The molecule has 2 aromatic rings. The van der Waals surface area contributed by atoms with Crippen molar-refractivity contribution in [1.29, 1.82) is 0 Å². The summed E-state index contributed by atoms with van der Waals surface area (Å²) in [4.78, 5) is 10.8. The van der Waals surface area contributed by atoms with Gasteiger partial charge in [-0.2, -0.15) is 0 Å². The number of nitrogens with one attached hydrogen (secondary N) is 1. The third kappa shape index (κ3) is 3.31. The molecular formula is C15H13F2NO4S. The zero-order valence-electron chi connectivity index (χ0n) is 12.2. The molecule has 0 aliphatic rings. The maximum Gasteiger partial charge on any atom is 0.335 e. The number of aryl methyl sites for hydroxylation is 2. The third-order valence-corrected chi connectivity index (χ3v) is 4.73. The maximum atomic E-state index is 13.6. The minimum Gasteiger partial charge on any atom is -0.478 e. The van der Waals surface area contributed by atoms with Crippen LogP contribution in [0.4, 0.5) is 14.5 Å². The number of anilines is 1. The number of hydrogen-bond acceptors (Lipinski definition) is 3. The molecule has 5 nitrogen and oxygen atoms in total. The van der Waals surface area contributed by atoms with E-state index >= 15 is 0 Å². The van der Waals surface area contributed by atoms with Gasteiger partial charge in [0.05, 0.1) is 10.5 Å². The highest BCUT2D eigenvalue weighted by Crippen LogP contribution is 2.26. The van der Waals surface area contributed by atoms with Gasteiger partial charge in [0, 0.05) is 0 Å². The van der Waals surface area contributed by atoms with Crippen LogP contribution in [0.5, 0.6) is 0 Å². The van der Waals surface area contributed by atoms with Crippen LogP contribution in [0, 0.1) is 25.5 Å². The molecule has 0 aliphatic carbocycles. The summed E-state index contributed by atoms with van der Waals surface area (Å²) >= 11 is 0. The lowest BCUT2D eigenvalue weighted by molar-refractivity contribution is 0.0696. The van der Waals surface area contributed by atoms with Crippen molar-refractivity contribution in [3.63, 3.8) is 0 Å². The Labute approximate surface area is 131 Å². The topological polar surface area (TPSA) is 83.5 Å². The Kier molecular flexibility index (Phi) is 4.37. The highest BCUT2D eigenvalue weighted by Gasteiger charge is 2.23. The van der Waals surface area contributed by atoms with Crippen LogP contribution in [-0.2, 0) is 10.0 Å². The van der Waals surface area contributed by atoms with Crippen molar-refractivity contribution in [3.05, 3.63) is 58.7 Å². The molecule has 0 fully saturated rings. The molecule has 23 heavy (non-hydrogen) atoms. The molecule has 0 unspecified atom stereocenters. The van der Waals surface area contributed by atoms with Gasteiger partial charge in [-0.3, -0.25) is 4.72 Å². The molecule has 2 rings (SSSR count). The molecule has 0 spiro atoms. The van der Waals surface area contributed by atoms with Gasteiger partial charge in [-0.05, 0) is 43.2 Å². The van der Waals surface area contributed by atoms with E-state index in [1.165, 1.54) is 19.9 Å². The summed E-state index contributed by atoms with van der Waals surface area (Å²) < 4.78 is 53.8. The first-order valence-electron chi connectivity index (χ1n) is 6.45. The van der Waals surface area contributed by atoms with Gasteiger partial charge >= 0.3 is 5.97 Å².